The normalized spacial score (nSPS) is 16.0. The molecule has 0 unspecified atom stereocenters. The number of hydrogen-bond donors (Lipinski definition) is 0. The Labute approximate surface area is 133 Å². The summed E-state index contributed by atoms with van der Waals surface area (Å²) in [5.41, 5.74) is 2.65. The number of rotatable bonds is 6. The molecule has 0 aromatic heterocycles. The van der Waals surface area contributed by atoms with Crippen molar-refractivity contribution in [3.8, 4) is 0 Å². The summed E-state index contributed by atoms with van der Waals surface area (Å²) in [4.78, 5) is 0.410. The van der Waals surface area contributed by atoms with Gasteiger partial charge in [-0.2, -0.15) is 4.31 Å². The van der Waals surface area contributed by atoms with E-state index in [2.05, 4.69) is 0 Å². The second kappa shape index (κ2) is 6.27. The molecule has 1 aliphatic rings. The zero-order valence-electron chi connectivity index (χ0n) is 13.2. The number of benzene rings is 1. The highest BCUT2D eigenvalue weighted by atomic mass is 35.5. The van der Waals surface area contributed by atoms with Gasteiger partial charge in [-0.25, -0.2) is 8.42 Å². The average Bonchev–Trinajstić information content (AvgIpc) is 3.22. The summed E-state index contributed by atoms with van der Waals surface area (Å²) >= 11 is 5.90. The first-order valence-corrected chi connectivity index (χ1v) is 9.42. The van der Waals surface area contributed by atoms with Crippen molar-refractivity contribution in [1.29, 1.82) is 0 Å². The van der Waals surface area contributed by atoms with Gasteiger partial charge in [0.05, 0.1) is 4.90 Å². The Hall–Kier alpha value is -0.580. The summed E-state index contributed by atoms with van der Waals surface area (Å²) in [5.74, 6) is 0.855. The lowest BCUT2D eigenvalue weighted by molar-refractivity contribution is 0.341. The molecule has 0 atom stereocenters. The van der Waals surface area contributed by atoms with Crippen molar-refractivity contribution in [3.63, 3.8) is 0 Å². The minimum absolute atomic E-state index is 0.0324. The van der Waals surface area contributed by atoms with E-state index in [1.807, 2.05) is 33.8 Å². The van der Waals surface area contributed by atoms with Crippen molar-refractivity contribution >= 4 is 21.6 Å². The standard InChI is InChI=1S/C16H24ClNO2S/c1-11(2)18(10-14-5-6-14)21(19,20)16-8-15(9-17)7-12(3)13(16)4/h7-8,11,14H,5-6,9-10H2,1-4H3. The van der Waals surface area contributed by atoms with Gasteiger partial charge in [0.25, 0.3) is 0 Å². The van der Waals surface area contributed by atoms with Crippen LogP contribution >= 0.6 is 11.6 Å². The van der Waals surface area contributed by atoms with E-state index in [9.17, 15) is 8.42 Å². The van der Waals surface area contributed by atoms with E-state index in [-0.39, 0.29) is 6.04 Å². The molecule has 1 aromatic carbocycles. The molecule has 3 nitrogen and oxygen atoms in total. The van der Waals surface area contributed by atoms with Gasteiger partial charge >= 0.3 is 0 Å². The second-order valence-corrected chi connectivity index (χ2v) is 8.41. The molecule has 0 amide bonds. The zero-order chi connectivity index (χ0) is 15.8. The van der Waals surface area contributed by atoms with Crippen LogP contribution in [0.4, 0.5) is 0 Å². The third-order valence-corrected chi connectivity index (χ3v) is 6.61. The van der Waals surface area contributed by atoms with Crippen LogP contribution < -0.4 is 0 Å². The third-order valence-electron chi connectivity index (χ3n) is 4.13. The average molecular weight is 330 g/mol. The summed E-state index contributed by atoms with van der Waals surface area (Å²) < 4.78 is 27.8. The molecule has 0 bridgehead atoms. The fourth-order valence-corrected chi connectivity index (χ4v) is 4.73. The van der Waals surface area contributed by atoms with Gasteiger partial charge in [-0.3, -0.25) is 0 Å². The van der Waals surface area contributed by atoms with Gasteiger partial charge < -0.3 is 0 Å². The topological polar surface area (TPSA) is 37.4 Å². The van der Waals surface area contributed by atoms with Crippen LogP contribution in [0, 0.1) is 19.8 Å². The van der Waals surface area contributed by atoms with Crippen LogP contribution in [-0.4, -0.2) is 25.3 Å². The summed E-state index contributed by atoms with van der Waals surface area (Å²) in [5, 5.41) is 0. The molecule has 1 aromatic rings. The van der Waals surface area contributed by atoms with Gasteiger partial charge in [-0.1, -0.05) is 6.07 Å². The lowest BCUT2D eigenvalue weighted by Crippen LogP contribution is -2.38. The molecule has 0 spiro atoms. The molecular formula is C16H24ClNO2S. The number of alkyl halides is 1. The minimum Gasteiger partial charge on any atom is -0.207 e. The van der Waals surface area contributed by atoms with E-state index < -0.39 is 10.0 Å². The summed E-state index contributed by atoms with van der Waals surface area (Å²) in [6.07, 6.45) is 2.27. The number of aryl methyl sites for hydroxylation is 1. The van der Waals surface area contributed by atoms with Crippen LogP contribution in [0.15, 0.2) is 17.0 Å². The lowest BCUT2D eigenvalue weighted by atomic mass is 10.1. The number of halogens is 1. The summed E-state index contributed by atoms with van der Waals surface area (Å²) in [7, 11) is -3.47. The molecule has 118 valence electrons. The molecule has 1 aliphatic carbocycles. The molecular weight excluding hydrogens is 306 g/mol. The Morgan fingerprint density at radius 1 is 1.29 bits per heavy atom. The van der Waals surface area contributed by atoms with Crippen molar-refractivity contribution in [1.82, 2.24) is 4.31 Å². The fraction of sp³-hybridized carbons (Fsp3) is 0.625. The highest BCUT2D eigenvalue weighted by Gasteiger charge is 2.34. The Morgan fingerprint density at radius 2 is 1.90 bits per heavy atom. The second-order valence-electron chi connectivity index (χ2n) is 6.28. The van der Waals surface area contributed by atoms with Crippen LogP contribution in [0.3, 0.4) is 0 Å². The van der Waals surface area contributed by atoms with Gasteiger partial charge in [-0.05, 0) is 69.2 Å². The summed E-state index contributed by atoms with van der Waals surface area (Å²) in [6, 6.07) is 3.66. The number of hydrogen-bond acceptors (Lipinski definition) is 2. The van der Waals surface area contributed by atoms with Crippen LogP contribution in [0.1, 0.15) is 43.4 Å². The van der Waals surface area contributed by atoms with E-state index in [1.54, 1.807) is 10.4 Å². The van der Waals surface area contributed by atoms with Gasteiger partial charge in [0.15, 0.2) is 0 Å². The molecule has 21 heavy (non-hydrogen) atoms. The number of sulfonamides is 1. The summed E-state index contributed by atoms with van der Waals surface area (Å²) in [6.45, 7) is 8.31. The fourth-order valence-electron chi connectivity index (χ4n) is 2.51. The van der Waals surface area contributed by atoms with Gasteiger partial charge in [0, 0.05) is 18.5 Å². The Kier molecular flexibility index (Phi) is 5.01. The third kappa shape index (κ3) is 3.61. The van der Waals surface area contributed by atoms with Crippen molar-refractivity contribution < 1.29 is 8.42 Å². The monoisotopic (exact) mass is 329 g/mol. The first-order chi connectivity index (χ1) is 9.77. The molecule has 0 heterocycles. The van der Waals surface area contributed by atoms with Crippen molar-refractivity contribution in [2.24, 2.45) is 5.92 Å². The van der Waals surface area contributed by atoms with Crippen LogP contribution in [-0.2, 0) is 15.9 Å². The van der Waals surface area contributed by atoms with E-state index >= 15 is 0 Å². The maximum absolute atomic E-state index is 13.1. The predicted octanol–water partition coefficient (Wildman–Crippen LogP) is 3.85. The van der Waals surface area contributed by atoms with Gasteiger partial charge in [-0.15, -0.1) is 11.6 Å². The smallest absolute Gasteiger partial charge is 0.207 e. The molecule has 0 radical (unpaired) electrons. The van der Waals surface area contributed by atoms with Crippen molar-refractivity contribution in [2.75, 3.05) is 6.54 Å². The highest BCUT2D eigenvalue weighted by Crippen LogP contribution is 2.33. The van der Waals surface area contributed by atoms with Crippen LogP contribution in [0.5, 0.6) is 0 Å². The molecule has 0 saturated heterocycles. The maximum atomic E-state index is 13.1. The van der Waals surface area contributed by atoms with Gasteiger partial charge in [0.1, 0.15) is 0 Å². The largest absolute Gasteiger partial charge is 0.243 e. The molecule has 5 heteroatoms. The van der Waals surface area contributed by atoms with Crippen molar-refractivity contribution in [3.05, 3.63) is 28.8 Å². The predicted molar refractivity (Wildman–Crippen MR) is 87.2 cm³/mol. The molecule has 1 fully saturated rings. The highest BCUT2D eigenvalue weighted by molar-refractivity contribution is 7.89. The zero-order valence-corrected chi connectivity index (χ0v) is 14.8. The molecule has 1 saturated carbocycles. The van der Waals surface area contributed by atoms with E-state index in [0.717, 1.165) is 29.5 Å². The molecule has 0 N–H and O–H groups in total. The Balaban J connectivity index is 2.48. The first-order valence-electron chi connectivity index (χ1n) is 7.45. The van der Waals surface area contributed by atoms with Crippen LogP contribution in [0.25, 0.3) is 0 Å². The lowest BCUT2D eigenvalue weighted by Gasteiger charge is -2.27. The van der Waals surface area contributed by atoms with E-state index in [1.165, 1.54) is 0 Å². The quantitative estimate of drug-likeness (QED) is 0.743. The Bertz CT molecular complexity index is 621. The number of nitrogens with zero attached hydrogens (tertiary/aromatic N) is 1. The van der Waals surface area contributed by atoms with E-state index in [4.69, 9.17) is 11.6 Å². The van der Waals surface area contributed by atoms with Gasteiger partial charge in [0.2, 0.25) is 10.0 Å². The van der Waals surface area contributed by atoms with Crippen molar-refractivity contribution in [2.45, 2.75) is 57.4 Å². The maximum Gasteiger partial charge on any atom is 0.243 e. The SMILES string of the molecule is Cc1cc(CCl)cc(S(=O)(=O)N(CC2CC2)C(C)C)c1C. The van der Waals surface area contributed by atoms with Crippen LogP contribution in [0.2, 0.25) is 0 Å². The first kappa shape index (κ1) is 16.8. The van der Waals surface area contributed by atoms with E-state index in [0.29, 0.717) is 23.2 Å². The Morgan fingerprint density at radius 3 is 2.38 bits per heavy atom. The molecule has 2 rings (SSSR count). The minimum atomic E-state index is -3.47. The molecule has 0 aliphatic heterocycles.